The van der Waals surface area contributed by atoms with E-state index in [2.05, 4.69) is 10.0 Å². The van der Waals surface area contributed by atoms with Gasteiger partial charge in [-0.05, 0) is 11.1 Å². The minimum absolute atomic E-state index is 0.375. The second kappa shape index (κ2) is 5.24. The van der Waals surface area contributed by atoms with Gasteiger partial charge in [0, 0.05) is 4.91 Å². The average Bonchev–Trinajstić information content (AvgIpc) is 2.26. The molecular weight excluding hydrogens is 182 g/mol. The average molecular weight is 193 g/mol. The molecule has 0 aliphatic heterocycles. The van der Waals surface area contributed by atoms with Crippen molar-refractivity contribution in [2.75, 3.05) is 6.61 Å². The van der Waals surface area contributed by atoms with Crippen molar-refractivity contribution in [3.05, 3.63) is 46.3 Å². The van der Waals surface area contributed by atoms with Crippen molar-refractivity contribution in [2.45, 2.75) is 12.1 Å². The highest BCUT2D eigenvalue weighted by Crippen LogP contribution is 2.18. The van der Waals surface area contributed by atoms with Gasteiger partial charge in [0.2, 0.25) is 0 Å². The number of aliphatic hydroxyl groups excluding tert-OH is 2. The Morgan fingerprint density at radius 3 is 2.50 bits per heavy atom. The van der Waals surface area contributed by atoms with Gasteiger partial charge in [0.05, 0.1) is 18.8 Å². The molecule has 2 atom stereocenters. The lowest BCUT2D eigenvalue weighted by Gasteiger charge is -2.15. The third-order valence-corrected chi connectivity index (χ3v) is 1.89. The molecule has 0 saturated carbocycles. The van der Waals surface area contributed by atoms with Crippen molar-refractivity contribution in [3.63, 3.8) is 0 Å². The molecule has 74 valence electrons. The maximum absolute atomic E-state index is 9.69. The molecular formula is C9H11N3O2. The maximum Gasteiger partial charge on any atom is 0.0906 e. The molecule has 1 unspecified atom stereocenters. The fourth-order valence-corrected chi connectivity index (χ4v) is 1.14. The molecule has 0 aromatic heterocycles. The highest BCUT2D eigenvalue weighted by atomic mass is 16.3. The SMILES string of the molecule is [N-]=[N+]=NC(CO)[C@H](O)c1ccccc1. The Morgan fingerprint density at radius 2 is 2.00 bits per heavy atom. The molecule has 1 rings (SSSR count). The first-order valence-corrected chi connectivity index (χ1v) is 4.17. The van der Waals surface area contributed by atoms with Crippen LogP contribution in [0.15, 0.2) is 35.4 Å². The minimum Gasteiger partial charge on any atom is -0.396 e. The topological polar surface area (TPSA) is 89.2 Å². The molecule has 14 heavy (non-hydrogen) atoms. The number of azide groups is 1. The first-order chi connectivity index (χ1) is 6.79. The van der Waals surface area contributed by atoms with Crippen molar-refractivity contribution < 1.29 is 10.2 Å². The van der Waals surface area contributed by atoms with E-state index in [-0.39, 0.29) is 6.61 Å². The molecule has 0 spiro atoms. The summed E-state index contributed by atoms with van der Waals surface area (Å²) in [5, 5.41) is 21.9. The van der Waals surface area contributed by atoms with Gasteiger partial charge >= 0.3 is 0 Å². The number of nitrogens with zero attached hydrogens (tertiary/aromatic N) is 3. The predicted molar refractivity (Wildman–Crippen MR) is 51.4 cm³/mol. The summed E-state index contributed by atoms with van der Waals surface area (Å²) >= 11 is 0. The molecule has 0 aliphatic carbocycles. The number of aliphatic hydroxyl groups is 2. The van der Waals surface area contributed by atoms with Gasteiger partial charge in [-0.1, -0.05) is 35.4 Å². The number of hydrogen-bond acceptors (Lipinski definition) is 3. The summed E-state index contributed by atoms with van der Waals surface area (Å²) in [5.74, 6) is 0. The third kappa shape index (κ3) is 2.47. The van der Waals surface area contributed by atoms with Gasteiger partial charge in [-0.2, -0.15) is 0 Å². The van der Waals surface area contributed by atoms with Crippen LogP contribution < -0.4 is 0 Å². The molecule has 0 saturated heterocycles. The number of rotatable bonds is 4. The molecule has 1 aromatic carbocycles. The van der Waals surface area contributed by atoms with E-state index in [0.717, 1.165) is 0 Å². The molecule has 0 fully saturated rings. The van der Waals surface area contributed by atoms with Gasteiger partial charge in [0.15, 0.2) is 0 Å². The molecule has 0 bridgehead atoms. The van der Waals surface area contributed by atoms with Crippen molar-refractivity contribution in [1.29, 1.82) is 0 Å². The van der Waals surface area contributed by atoms with Crippen LogP contribution in [0.5, 0.6) is 0 Å². The monoisotopic (exact) mass is 193 g/mol. The van der Waals surface area contributed by atoms with E-state index in [1.165, 1.54) is 0 Å². The molecule has 0 heterocycles. The Bertz CT molecular complexity index is 322. The summed E-state index contributed by atoms with van der Waals surface area (Å²) in [6.07, 6.45) is -0.961. The lowest BCUT2D eigenvalue weighted by atomic mass is 10.0. The van der Waals surface area contributed by atoms with Crippen molar-refractivity contribution in [2.24, 2.45) is 5.11 Å². The highest BCUT2D eigenvalue weighted by molar-refractivity contribution is 5.18. The molecule has 1 aromatic rings. The fourth-order valence-electron chi connectivity index (χ4n) is 1.14. The van der Waals surface area contributed by atoms with E-state index in [0.29, 0.717) is 5.56 Å². The number of hydrogen-bond donors (Lipinski definition) is 2. The summed E-state index contributed by atoms with van der Waals surface area (Å²) in [7, 11) is 0. The van der Waals surface area contributed by atoms with Crippen LogP contribution in [-0.4, -0.2) is 22.9 Å². The van der Waals surface area contributed by atoms with E-state index in [9.17, 15) is 5.11 Å². The maximum atomic E-state index is 9.69. The Hall–Kier alpha value is -1.55. The lowest BCUT2D eigenvalue weighted by Crippen LogP contribution is -2.19. The predicted octanol–water partition coefficient (Wildman–Crippen LogP) is 1.39. The zero-order valence-electron chi connectivity index (χ0n) is 7.48. The quantitative estimate of drug-likeness (QED) is 0.430. The molecule has 0 radical (unpaired) electrons. The Kier molecular flexibility index (Phi) is 3.94. The minimum atomic E-state index is -0.961. The van der Waals surface area contributed by atoms with E-state index in [1.807, 2.05) is 6.07 Å². The van der Waals surface area contributed by atoms with Crippen LogP contribution in [0.25, 0.3) is 10.4 Å². The van der Waals surface area contributed by atoms with Crippen LogP contribution >= 0.6 is 0 Å². The van der Waals surface area contributed by atoms with Gasteiger partial charge in [0.25, 0.3) is 0 Å². The van der Waals surface area contributed by atoms with Gasteiger partial charge in [-0.25, -0.2) is 0 Å². The van der Waals surface area contributed by atoms with Crippen LogP contribution in [0.4, 0.5) is 0 Å². The summed E-state index contributed by atoms with van der Waals surface area (Å²) in [5.41, 5.74) is 8.82. The zero-order chi connectivity index (χ0) is 10.4. The van der Waals surface area contributed by atoms with Crippen LogP contribution in [0.1, 0.15) is 11.7 Å². The first-order valence-electron chi connectivity index (χ1n) is 4.17. The normalized spacial score (nSPS) is 14.1. The van der Waals surface area contributed by atoms with Crippen LogP contribution in [-0.2, 0) is 0 Å². The van der Waals surface area contributed by atoms with Crippen molar-refractivity contribution >= 4 is 0 Å². The fraction of sp³-hybridized carbons (Fsp3) is 0.333. The Labute approximate surface area is 81.2 Å². The standard InChI is InChI=1S/C9H11N3O2/c10-12-11-8(6-13)9(14)7-4-2-1-3-5-7/h1-5,8-9,13-14H,6H2/t8?,9-/m1/s1. The molecule has 5 heteroatoms. The number of benzene rings is 1. The van der Waals surface area contributed by atoms with Crippen LogP contribution in [0.3, 0.4) is 0 Å². The summed E-state index contributed by atoms with van der Waals surface area (Å²) < 4.78 is 0. The Balaban J connectivity index is 2.82. The van der Waals surface area contributed by atoms with E-state index in [1.54, 1.807) is 24.3 Å². The molecule has 0 amide bonds. The van der Waals surface area contributed by atoms with E-state index in [4.69, 9.17) is 10.6 Å². The van der Waals surface area contributed by atoms with Gasteiger partial charge < -0.3 is 10.2 Å². The van der Waals surface area contributed by atoms with Gasteiger partial charge in [-0.15, -0.1) is 0 Å². The van der Waals surface area contributed by atoms with Crippen molar-refractivity contribution in [3.8, 4) is 0 Å². The smallest absolute Gasteiger partial charge is 0.0906 e. The highest BCUT2D eigenvalue weighted by Gasteiger charge is 2.18. The summed E-state index contributed by atoms with van der Waals surface area (Å²) in [6.45, 7) is -0.375. The first kappa shape index (κ1) is 10.5. The lowest BCUT2D eigenvalue weighted by molar-refractivity contribution is 0.109. The molecule has 5 nitrogen and oxygen atoms in total. The Morgan fingerprint density at radius 1 is 1.36 bits per heavy atom. The molecule has 0 aliphatic rings. The summed E-state index contributed by atoms with van der Waals surface area (Å²) in [4.78, 5) is 2.56. The van der Waals surface area contributed by atoms with Crippen molar-refractivity contribution in [1.82, 2.24) is 0 Å². The third-order valence-electron chi connectivity index (χ3n) is 1.89. The van der Waals surface area contributed by atoms with Gasteiger partial charge in [0.1, 0.15) is 0 Å². The zero-order valence-corrected chi connectivity index (χ0v) is 7.48. The second-order valence-electron chi connectivity index (χ2n) is 2.81. The van der Waals surface area contributed by atoms with E-state index >= 15 is 0 Å². The van der Waals surface area contributed by atoms with E-state index < -0.39 is 12.1 Å². The molecule has 2 N–H and O–H groups in total. The van der Waals surface area contributed by atoms with Crippen LogP contribution in [0.2, 0.25) is 0 Å². The van der Waals surface area contributed by atoms with Crippen LogP contribution in [0, 0.1) is 0 Å². The largest absolute Gasteiger partial charge is 0.396 e. The summed E-state index contributed by atoms with van der Waals surface area (Å²) in [6, 6.07) is 7.94. The second-order valence-corrected chi connectivity index (χ2v) is 2.81. The van der Waals surface area contributed by atoms with Gasteiger partial charge in [-0.3, -0.25) is 0 Å².